The number of aryl methyl sites for hydroxylation is 1. The van der Waals surface area contributed by atoms with Gasteiger partial charge in [-0.05, 0) is 55.7 Å². The SMILES string of the molecule is CCCNC(C1=CCCC1)c1sccc1CC. The Labute approximate surface area is 109 Å². The van der Waals surface area contributed by atoms with Gasteiger partial charge in [0.15, 0.2) is 0 Å². The van der Waals surface area contributed by atoms with Gasteiger partial charge in [-0.1, -0.05) is 25.5 Å². The number of thiophene rings is 1. The third-order valence-electron chi connectivity index (χ3n) is 3.47. The molecule has 1 heterocycles. The summed E-state index contributed by atoms with van der Waals surface area (Å²) >= 11 is 1.92. The van der Waals surface area contributed by atoms with E-state index in [1.54, 1.807) is 10.5 Å². The molecule has 1 N–H and O–H groups in total. The lowest BCUT2D eigenvalue weighted by molar-refractivity contribution is 0.582. The van der Waals surface area contributed by atoms with Crippen molar-refractivity contribution in [2.45, 2.75) is 52.0 Å². The van der Waals surface area contributed by atoms with Gasteiger partial charge in [-0.25, -0.2) is 0 Å². The molecule has 1 atom stereocenters. The molecule has 1 aliphatic carbocycles. The molecule has 2 heteroatoms. The maximum atomic E-state index is 3.73. The zero-order chi connectivity index (χ0) is 12.1. The Bertz CT molecular complexity index is 378. The fourth-order valence-corrected chi connectivity index (χ4v) is 3.65. The summed E-state index contributed by atoms with van der Waals surface area (Å²) in [4.78, 5) is 1.55. The summed E-state index contributed by atoms with van der Waals surface area (Å²) in [6, 6.07) is 2.78. The summed E-state index contributed by atoms with van der Waals surface area (Å²) < 4.78 is 0. The van der Waals surface area contributed by atoms with Gasteiger partial charge in [-0.15, -0.1) is 11.3 Å². The molecule has 0 saturated heterocycles. The van der Waals surface area contributed by atoms with E-state index in [2.05, 4.69) is 36.7 Å². The van der Waals surface area contributed by atoms with Gasteiger partial charge < -0.3 is 5.32 Å². The van der Waals surface area contributed by atoms with Crippen molar-refractivity contribution in [1.82, 2.24) is 5.32 Å². The van der Waals surface area contributed by atoms with Gasteiger partial charge in [0, 0.05) is 4.88 Å². The molecule has 0 aromatic carbocycles. The number of nitrogens with one attached hydrogen (secondary N) is 1. The van der Waals surface area contributed by atoms with Crippen LogP contribution in [0.5, 0.6) is 0 Å². The van der Waals surface area contributed by atoms with E-state index >= 15 is 0 Å². The Kier molecular flexibility index (Phi) is 4.81. The maximum absolute atomic E-state index is 3.73. The standard InChI is InChI=1S/C15H23NS/c1-3-10-16-14(13-7-5-6-8-13)15-12(4-2)9-11-17-15/h7,9,11,14,16H,3-6,8,10H2,1-2H3. The fraction of sp³-hybridized carbons (Fsp3) is 0.600. The highest BCUT2D eigenvalue weighted by Gasteiger charge is 2.21. The quantitative estimate of drug-likeness (QED) is 0.734. The molecule has 94 valence electrons. The Morgan fingerprint density at radius 1 is 1.41 bits per heavy atom. The summed E-state index contributed by atoms with van der Waals surface area (Å²) in [6.45, 7) is 5.61. The van der Waals surface area contributed by atoms with E-state index in [9.17, 15) is 0 Å². The second-order valence-electron chi connectivity index (χ2n) is 4.72. The maximum Gasteiger partial charge on any atom is 0.0633 e. The molecule has 0 fully saturated rings. The summed E-state index contributed by atoms with van der Waals surface area (Å²) in [5.41, 5.74) is 3.15. The van der Waals surface area contributed by atoms with Crippen LogP contribution in [0, 0.1) is 0 Å². The summed E-state index contributed by atoms with van der Waals surface area (Å²) in [7, 11) is 0. The lowest BCUT2D eigenvalue weighted by Gasteiger charge is -2.20. The summed E-state index contributed by atoms with van der Waals surface area (Å²) in [5.74, 6) is 0. The molecular formula is C15H23NS. The van der Waals surface area contributed by atoms with E-state index in [4.69, 9.17) is 0 Å². The molecule has 0 radical (unpaired) electrons. The topological polar surface area (TPSA) is 12.0 Å². The molecule has 1 aromatic rings. The lowest BCUT2D eigenvalue weighted by Crippen LogP contribution is -2.23. The van der Waals surface area contributed by atoms with Gasteiger partial charge in [0.05, 0.1) is 6.04 Å². The van der Waals surface area contributed by atoms with Crippen LogP contribution in [0.15, 0.2) is 23.1 Å². The minimum atomic E-state index is 0.493. The van der Waals surface area contributed by atoms with E-state index in [1.807, 2.05) is 11.3 Å². The van der Waals surface area contributed by atoms with Crippen molar-refractivity contribution in [2.75, 3.05) is 6.54 Å². The van der Waals surface area contributed by atoms with E-state index in [1.165, 1.54) is 31.2 Å². The average Bonchev–Trinajstić information content (AvgIpc) is 3.00. The predicted octanol–water partition coefficient (Wildman–Crippen LogP) is 4.46. The third-order valence-corrected chi connectivity index (χ3v) is 4.49. The van der Waals surface area contributed by atoms with Crippen molar-refractivity contribution in [1.29, 1.82) is 0 Å². The zero-order valence-electron chi connectivity index (χ0n) is 11.0. The first-order valence-electron chi connectivity index (χ1n) is 6.85. The summed E-state index contributed by atoms with van der Waals surface area (Å²) in [6.07, 6.45) is 8.70. The smallest absolute Gasteiger partial charge is 0.0633 e. The van der Waals surface area contributed by atoms with Crippen molar-refractivity contribution in [3.8, 4) is 0 Å². The van der Waals surface area contributed by atoms with Gasteiger partial charge >= 0.3 is 0 Å². The average molecular weight is 249 g/mol. The first-order chi connectivity index (χ1) is 8.36. The van der Waals surface area contributed by atoms with Crippen molar-refractivity contribution in [2.24, 2.45) is 0 Å². The van der Waals surface area contributed by atoms with Crippen LogP contribution in [0.2, 0.25) is 0 Å². The van der Waals surface area contributed by atoms with Crippen LogP contribution in [0.3, 0.4) is 0 Å². The molecule has 0 aliphatic heterocycles. The largest absolute Gasteiger partial charge is 0.306 e. The highest BCUT2D eigenvalue weighted by molar-refractivity contribution is 7.10. The van der Waals surface area contributed by atoms with E-state index < -0.39 is 0 Å². The number of rotatable bonds is 6. The Morgan fingerprint density at radius 3 is 2.94 bits per heavy atom. The van der Waals surface area contributed by atoms with Gasteiger partial charge in [-0.3, -0.25) is 0 Å². The van der Waals surface area contributed by atoms with Crippen LogP contribution in [0.1, 0.15) is 56.0 Å². The Morgan fingerprint density at radius 2 is 2.29 bits per heavy atom. The molecule has 0 amide bonds. The van der Waals surface area contributed by atoms with Crippen molar-refractivity contribution < 1.29 is 0 Å². The van der Waals surface area contributed by atoms with Crippen LogP contribution >= 0.6 is 11.3 Å². The van der Waals surface area contributed by atoms with Crippen molar-refractivity contribution in [3.05, 3.63) is 33.5 Å². The fourth-order valence-electron chi connectivity index (χ4n) is 2.53. The molecule has 1 nitrogen and oxygen atoms in total. The molecule has 17 heavy (non-hydrogen) atoms. The molecule has 1 aromatic heterocycles. The monoisotopic (exact) mass is 249 g/mol. The van der Waals surface area contributed by atoms with Crippen LogP contribution in [0.4, 0.5) is 0 Å². The second kappa shape index (κ2) is 6.36. The highest BCUT2D eigenvalue weighted by Crippen LogP contribution is 2.35. The van der Waals surface area contributed by atoms with E-state index in [-0.39, 0.29) is 0 Å². The van der Waals surface area contributed by atoms with Crippen LogP contribution < -0.4 is 5.32 Å². The zero-order valence-corrected chi connectivity index (χ0v) is 11.8. The summed E-state index contributed by atoms with van der Waals surface area (Å²) in [5, 5.41) is 5.97. The third kappa shape index (κ3) is 2.99. The molecule has 1 aliphatic rings. The molecular weight excluding hydrogens is 226 g/mol. The number of hydrogen-bond acceptors (Lipinski definition) is 2. The normalized spacial score (nSPS) is 17.2. The molecule has 1 unspecified atom stereocenters. The van der Waals surface area contributed by atoms with E-state index in [0.29, 0.717) is 6.04 Å². The van der Waals surface area contributed by atoms with Gasteiger partial charge in [0.25, 0.3) is 0 Å². The molecule has 0 spiro atoms. The van der Waals surface area contributed by atoms with Crippen LogP contribution in [-0.4, -0.2) is 6.54 Å². The Hall–Kier alpha value is -0.600. The lowest BCUT2D eigenvalue weighted by atomic mass is 10.0. The van der Waals surface area contributed by atoms with Crippen LogP contribution in [-0.2, 0) is 6.42 Å². The van der Waals surface area contributed by atoms with E-state index in [0.717, 1.165) is 13.0 Å². The predicted molar refractivity (Wildman–Crippen MR) is 76.7 cm³/mol. The van der Waals surface area contributed by atoms with Gasteiger partial charge in [0.1, 0.15) is 0 Å². The van der Waals surface area contributed by atoms with Gasteiger partial charge in [-0.2, -0.15) is 0 Å². The highest BCUT2D eigenvalue weighted by atomic mass is 32.1. The first-order valence-corrected chi connectivity index (χ1v) is 7.73. The van der Waals surface area contributed by atoms with Gasteiger partial charge in [0.2, 0.25) is 0 Å². The van der Waals surface area contributed by atoms with Crippen LogP contribution in [0.25, 0.3) is 0 Å². The molecule has 2 rings (SSSR count). The van der Waals surface area contributed by atoms with Crippen molar-refractivity contribution >= 4 is 11.3 Å². The number of hydrogen-bond donors (Lipinski definition) is 1. The van der Waals surface area contributed by atoms with Crippen molar-refractivity contribution in [3.63, 3.8) is 0 Å². The minimum Gasteiger partial charge on any atom is -0.306 e. The second-order valence-corrected chi connectivity index (χ2v) is 5.67. The molecule has 0 saturated carbocycles. The number of allylic oxidation sites excluding steroid dienone is 1. The minimum absolute atomic E-state index is 0.493. The first kappa shape index (κ1) is 12.8. The molecule has 0 bridgehead atoms. The Balaban J connectivity index is 2.19.